The van der Waals surface area contributed by atoms with Crippen molar-refractivity contribution in [1.82, 2.24) is 9.88 Å². The lowest BCUT2D eigenvalue weighted by Gasteiger charge is -2.33. The lowest BCUT2D eigenvalue weighted by atomic mass is 9.94. The Kier molecular flexibility index (Phi) is 4.58. The Morgan fingerprint density at radius 3 is 2.75 bits per heavy atom. The Hall–Kier alpha value is -0.160. The third-order valence-electron chi connectivity index (χ3n) is 3.40. The average Bonchev–Trinajstić information content (AvgIpc) is 2.31. The molecule has 0 aliphatic heterocycles. The third kappa shape index (κ3) is 3.42. The molecule has 0 amide bonds. The van der Waals surface area contributed by atoms with Crippen molar-refractivity contribution < 1.29 is 0 Å². The number of hydrogen-bond acceptors (Lipinski definition) is 2. The molecule has 16 heavy (non-hydrogen) atoms. The number of alkyl halides is 1. The standard InChI is InChI=1S/C13H19IN2/c1-16(10-11-3-2-8-15-9-11)13-6-4-12(14)5-7-13/h2-3,8-9,12-13H,4-7,10H2,1H3/t12-,13+. The summed E-state index contributed by atoms with van der Waals surface area (Å²) in [5, 5.41) is 0. The highest BCUT2D eigenvalue weighted by Gasteiger charge is 2.22. The molecule has 1 aromatic heterocycles. The number of pyridine rings is 1. The van der Waals surface area contributed by atoms with E-state index in [1.54, 1.807) is 0 Å². The maximum absolute atomic E-state index is 4.17. The summed E-state index contributed by atoms with van der Waals surface area (Å²) in [5.41, 5.74) is 1.32. The molecule has 0 N–H and O–H groups in total. The van der Waals surface area contributed by atoms with Gasteiger partial charge in [0.05, 0.1) is 0 Å². The lowest BCUT2D eigenvalue weighted by molar-refractivity contribution is 0.188. The van der Waals surface area contributed by atoms with Gasteiger partial charge in [0, 0.05) is 28.9 Å². The van der Waals surface area contributed by atoms with Gasteiger partial charge in [0.25, 0.3) is 0 Å². The third-order valence-corrected chi connectivity index (χ3v) is 4.65. The van der Waals surface area contributed by atoms with Crippen LogP contribution in [0.5, 0.6) is 0 Å². The maximum Gasteiger partial charge on any atom is 0.0312 e. The summed E-state index contributed by atoms with van der Waals surface area (Å²) in [7, 11) is 2.24. The van der Waals surface area contributed by atoms with Crippen LogP contribution in [-0.4, -0.2) is 26.9 Å². The normalized spacial score (nSPS) is 25.9. The Balaban J connectivity index is 1.86. The fourth-order valence-corrected chi connectivity index (χ4v) is 3.10. The van der Waals surface area contributed by atoms with Crippen LogP contribution in [0.1, 0.15) is 31.2 Å². The Morgan fingerprint density at radius 1 is 1.38 bits per heavy atom. The summed E-state index contributed by atoms with van der Waals surface area (Å²) in [4.78, 5) is 6.65. The van der Waals surface area contributed by atoms with Gasteiger partial charge in [-0.25, -0.2) is 0 Å². The van der Waals surface area contributed by atoms with Crippen molar-refractivity contribution in [2.75, 3.05) is 7.05 Å². The Morgan fingerprint density at radius 2 is 2.12 bits per heavy atom. The molecule has 1 aromatic rings. The van der Waals surface area contributed by atoms with Crippen molar-refractivity contribution in [3.63, 3.8) is 0 Å². The summed E-state index contributed by atoms with van der Waals surface area (Å²) in [6.45, 7) is 1.03. The van der Waals surface area contributed by atoms with Gasteiger partial charge in [-0.05, 0) is 44.4 Å². The van der Waals surface area contributed by atoms with E-state index in [-0.39, 0.29) is 0 Å². The van der Waals surface area contributed by atoms with E-state index in [1.807, 2.05) is 18.5 Å². The SMILES string of the molecule is CN(Cc1cccnc1)[C@H]1CC[C@@H](I)CC1. The summed E-state index contributed by atoms with van der Waals surface area (Å²) >= 11 is 2.59. The highest BCUT2D eigenvalue weighted by atomic mass is 127. The van der Waals surface area contributed by atoms with Gasteiger partial charge in [-0.1, -0.05) is 28.7 Å². The highest BCUT2D eigenvalue weighted by molar-refractivity contribution is 14.1. The zero-order valence-electron chi connectivity index (χ0n) is 9.77. The predicted molar refractivity (Wildman–Crippen MR) is 75.8 cm³/mol. The molecule has 0 spiro atoms. The minimum absolute atomic E-state index is 0.770. The van der Waals surface area contributed by atoms with Gasteiger partial charge >= 0.3 is 0 Å². The van der Waals surface area contributed by atoms with Crippen LogP contribution in [0.4, 0.5) is 0 Å². The van der Waals surface area contributed by atoms with Crippen LogP contribution in [0.2, 0.25) is 0 Å². The van der Waals surface area contributed by atoms with Gasteiger partial charge in [-0.15, -0.1) is 0 Å². The van der Waals surface area contributed by atoms with Gasteiger partial charge in [0.15, 0.2) is 0 Å². The van der Waals surface area contributed by atoms with E-state index in [0.717, 1.165) is 16.5 Å². The van der Waals surface area contributed by atoms with Gasteiger partial charge in [0.1, 0.15) is 0 Å². The van der Waals surface area contributed by atoms with Crippen molar-refractivity contribution >= 4 is 22.6 Å². The Labute approximate surface area is 112 Å². The van der Waals surface area contributed by atoms with E-state index < -0.39 is 0 Å². The van der Waals surface area contributed by atoms with Crippen molar-refractivity contribution in [1.29, 1.82) is 0 Å². The molecule has 1 aliphatic rings. The summed E-state index contributed by atoms with van der Waals surface area (Å²) in [6.07, 6.45) is 9.27. The number of aromatic nitrogens is 1. The second-order valence-electron chi connectivity index (χ2n) is 4.68. The van der Waals surface area contributed by atoms with Crippen LogP contribution in [0.25, 0.3) is 0 Å². The highest BCUT2D eigenvalue weighted by Crippen LogP contribution is 2.27. The smallest absolute Gasteiger partial charge is 0.0312 e. The topological polar surface area (TPSA) is 16.1 Å². The molecule has 1 heterocycles. The first kappa shape index (κ1) is 12.3. The van der Waals surface area contributed by atoms with Crippen molar-refractivity contribution in [3.05, 3.63) is 30.1 Å². The first-order valence-electron chi connectivity index (χ1n) is 5.99. The summed E-state index contributed by atoms with van der Waals surface area (Å²) < 4.78 is 0.903. The number of nitrogens with zero attached hydrogens (tertiary/aromatic N) is 2. The summed E-state index contributed by atoms with van der Waals surface area (Å²) in [5.74, 6) is 0. The van der Waals surface area contributed by atoms with Gasteiger partial charge < -0.3 is 0 Å². The molecule has 0 aromatic carbocycles. The molecule has 0 bridgehead atoms. The first-order valence-corrected chi connectivity index (χ1v) is 7.23. The second-order valence-corrected chi connectivity index (χ2v) is 6.44. The quantitative estimate of drug-likeness (QED) is 0.625. The Bertz CT molecular complexity index is 307. The van der Waals surface area contributed by atoms with Crippen molar-refractivity contribution in [2.45, 2.75) is 42.2 Å². The van der Waals surface area contributed by atoms with Crippen molar-refractivity contribution in [2.24, 2.45) is 0 Å². The van der Waals surface area contributed by atoms with E-state index in [0.29, 0.717) is 0 Å². The van der Waals surface area contributed by atoms with Crippen LogP contribution in [0, 0.1) is 0 Å². The van der Waals surface area contributed by atoms with E-state index in [4.69, 9.17) is 0 Å². The molecule has 88 valence electrons. The van der Waals surface area contributed by atoms with Crippen LogP contribution in [0.15, 0.2) is 24.5 Å². The van der Waals surface area contributed by atoms with Crippen LogP contribution in [0.3, 0.4) is 0 Å². The number of hydrogen-bond donors (Lipinski definition) is 0. The molecule has 0 atom stereocenters. The van der Waals surface area contributed by atoms with E-state index in [1.165, 1.54) is 31.2 Å². The summed E-state index contributed by atoms with van der Waals surface area (Å²) in [6, 6.07) is 4.95. The zero-order chi connectivity index (χ0) is 11.4. The molecule has 0 saturated heterocycles. The lowest BCUT2D eigenvalue weighted by Crippen LogP contribution is -2.34. The molecule has 1 fully saturated rings. The molecule has 1 saturated carbocycles. The first-order chi connectivity index (χ1) is 7.75. The fourth-order valence-electron chi connectivity index (χ4n) is 2.38. The second kappa shape index (κ2) is 5.96. The molecule has 0 unspecified atom stereocenters. The van der Waals surface area contributed by atoms with E-state index in [9.17, 15) is 0 Å². The molecule has 3 heteroatoms. The van der Waals surface area contributed by atoms with E-state index >= 15 is 0 Å². The van der Waals surface area contributed by atoms with Gasteiger partial charge in [-0.2, -0.15) is 0 Å². The molecule has 0 radical (unpaired) electrons. The van der Waals surface area contributed by atoms with Gasteiger partial charge in [-0.3, -0.25) is 9.88 Å². The predicted octanol–water partition coefficient (Wildman–Crippen LogP) is 3.26. The van der Waals surface area contributed by atoms with E-state index in [2.05, 4.69) is 45.6 Å². The van der Waals surface area contributed by atoms with Crippen molar-refractivity contribution in [3.8, 4) is 0 Å². The molecular weight excluding hydrogens is 311 g/mol. The largest absolute Gasteiger partial charge is 0.299 e. The minimum Gasteiger partial charge on any atom is -0.299 e. The van der Waals surface area contributed by atoms with Crippen LogP contribution >= 0.6 is 22.6 Å². The van der Waals surface area contributed by atoms with Crippen LogP contribution in [-0.2, 0) is 6.54 Å². The monoisotopic (exact) mass is 330 g/mol. The molecule has 1 aliphatic carbocycles. The fraction of sp³-hybridized carbons (Fsp3) is 0.615. The number of halogens is 1. The number of rotatable bonds is 3. The average molecular weight is 330 g/mol. The minimum atomic E-state index is 0.770. The van der Waals surface area contributed by atoms with Crippen LogP contribution < -0.4 is 0 Å². The maximum atomic E-state index is 4.17. The molecule has 2 rings (SSSR count). The molecular formula is C13H19IN2. The zero-order valence-corrected chi connectivity index (χ0v) is 11.9. The molecule has 2 nitrogen and oxygen atoms in total. The van der Waals surface area contributed by atoms with Gasteiger partial charge in [0.2, 0.25) is 0 Å².